The van der Waals surface area contributed by atoms with E-state index in [9.17, 15) is 9.59 Å². The zero-order valence-corrected chi connectivity index (χ0v) is 18.3. The van der Waals surface area contributed by atoms with Gasteiger partial charge in [0.2, 0.25) is 11.9 Å². The number of nitrogens with one attached hydrogen (secondary N) is 1. The molecule has 8 nitrogen and oxygen atoms in total. The number of aromatic nitrogens is 3. The van der Waals surface area contributed by atoms with E-state index < -0.39 is 0 Å². The number of hydrogen-bond donors (Lipinski definition) is 1. The molecular weight excluding hydrogens is 422 g/mol. The van der Waals surface area contributed by atoms with Gasteiger partial charge >= 0.3 is 0 Å². The van der Waals surface area contributed by atoms with E-state index in [1.54, 1.807) is 6.26 Å². The predicted molar refractivity (Wildman–Crippen MR) is 116 cm³/mol. The summed E-state index contributed by atoms with van der Waals surface area (Å²) in [5.41, 5.74) is 0. The minimum atomic E-state index is -0.0865. The van der Waals surface area contributed by atoms with Crippen molar-refractivity contribution in [1.29, 1.82) is 0 Å². The molecule has 1 aliphatic rings. The molecular formula is C20H23N5O3S2. The van der Waals surface area contributed by atoms with Gasteiger partial charge < -0.3 is 14.6 Å². The summed E-state index contributed by atoms with van der Waals surface area (Å²) >= 11 is 2.80. The van der Waals surface area contributed by atoms with Crippen molar-refractivity contribution in [3.63, 3.8) is 0 Å². The number of Topliss-reactive ketones (excluding diaryl/α,β-unsaturated/α-hetero) is 1. The highest BCUT2D eigenvalue weighted by atomic mass is 32.2. The van der Waals surface area contributed by atoms with Crippen molar-refractivity contribution in [2.24, 2.45) is 0 Å². The fourth-order valence-electron chi connectivity index (χ4n) is 3.27. The normalized spacial score (nSPS) is 13.7. The maximum atomic E-state index is 12.7. The van der Waals surface area contributed by atoms with Crippen LogP contribution in [-0.4, -0.2) is 45.3 Å². The lowest BCUT2D eigenvalue weighted by Gasteiger charge is -2.17. The van der Waals surface area contributed by atoms with Crippen LogP contribution in [0, 0.1) is 0 Å². The number of ketones is 1. The third-order valence-electron chi connectivity index (χ3n) is 4.76. The summed E-state index contributed by atoms with van der Waals surface area (Å²) in [6.07, 6.45) is 3.95. The molecule has 3 aromatic rings. The average Bonchev–Trinajstić information content (AvgIpc) is 3.53. The molecule has 0 aliphatic carbocycles. The summed E-state index contributed by atoms with van der Waals surface area (Å²) in [6.45, 7) is 4.38. The predicted octanol–water partition coefficient (Wildman–Crippen LogP) is 3.19. The van der Waals surface area contributed by atoms with Gasteiger partial charge in [0.1, 0.15) is 5.76 Å². The molecule has 1 N–H and O–H groups in total. The number of thiophene rings is 1. The Balaban J connectivity index is 1.44. The van der Waals surface area contributed by atoms with Crippen molar-refractivity contribution in [2.45, 2.75) is 38.0 Å². The molecule has 1 amide bonds. The molecule has 4 rings (SSSR count). The minimum Gasteiger partial charge on any atom is -0.467 e. The van der Waals surface area contributed by atoms with Gasteiger partial charge in [0.05, 0.1) is 30.0 Å². The first kappa shape index (κ1) is 20.7. The molecule has 4 heterocycles. The van der Waals surface area contributed by atoms with Crippen LogP contribution in [0.1, 0.15) is 40.1 Å². The zero-order chi connectivity index (χ0) is 20.9. The number of anilines is 1. The molecule has 0 atom stereocenters. The van der Waals surface area contributed by atoms with Gasteiger partial charge in [-0.15, -0.1) is 21.5 Å². The topological polar surface area (TPSA) is 93.3 Å². The highest BCUT2D eigenvalue weighted by molar-refractivity contribution is 7.99. The van der Waals surface area contributed by atoms with Crippen LogP contribution in [0.3, 0.4) is 0 Å². The molecule has 3 aromatic heterocycles. The van der Waals surface area contributed by atoms with Gasteiger partial charge in [0, 0.05) is 24.9 Å². The highest BCUT2D eigenvalue weighted by Gasteiger charge is 2.23. The number of amides is 1. The lowest BCUT2D eigenvalue weighted by Crippen LogP contribution is -2.22. The first-order chi connectivity index (χ1) is 14.6. The highest BCUT2D eigenvalue weighted by Crippen LogP contribution is 2.27. The van der Waals surface area contributed by atoms with Gasteiger partial charge in [-0.2, -0.15) is 0 Å². The molecule has 0 bridgehead atoms. The Kier molecular flexibility index (Phi) is 6.53. The first-order valence-electron chi connectivity index (χ1n) is 9.80. The Bertz CT molecular complexity index is 1010. The van der Waals surface area contributed by atoms with Crippen LogP contribution in [0.2, 0.25) is 0 Å². The Hall–Kier alpha value is -2.59. The summed E-state index contributed by atoms with van der Waals surface area (Å²) in [7, 11) is 0. The van der Waals surface area contributed by atoms with Crippen LogP contribution in [0.25, 0.3) is 0 Å². The summed E-state index contributed by atoms with van der Waals surface area (Å²) in [6, 6.07) is 7.48. The minimum absolute atomic E-state index is 0.0364. The number of rotatable bonds is 9. The molecule has 158 valence electrons. The Labute approximate surface area is 182 Å². The fourth-order valence-corrected chi connectivity index (χ4v) is 5.06. The quantitative estimate of drug-likeness (QED) is 0.399. The average molecular weight is 446 g/mol. The van der Waals surface area contributed by atoms with E-state index in [1.807, 2.05) is 28.8 Å². The number of nitrogens with zero attached hydrogens (tertiary/aromatic N) is 4. The third-order valence-corrected chi connectivity index (χ3v) is 6.85. The summed E-state index contributed by atoms with van der Waals surface area (Å²) < 4.78 is 7.54. The van der Waals surface area contributed by atoms with Crippen LogP contribution in [0.4, 0.5) is 5.95 Å². The number of carbonyl (C=O) groups excluding carboxylic acids is 2. The molecule has 1 saturated heterocycles. The molecule has 0 unspecified atom stereocenters. The van der Waals surface area contributed by atoms with Gasteiger partial charge in [0.25, 0.3) is 0 Å². The van der Waals surface area contributed by atoms with Gasteiger partial charge in [-0.1, -0.05) is 11.8 Å². The largest absolute Gasteiger partial charge is 0.467 e. The molecule has 0 radical (unpaired) electrons. The second-order valence-electron chi connectivity index (χ2n) is 7.03. The SMILES string of the molecule is CC(=O)NCc1ccc(C(=O)CSc2nnc(N3CCCC3)n2Cc2ccco2)s1. The van der Waals surface area contributed by atoms with E-state index in [-0.39, 0.29) is 17.4 Å². The van der Waals surface area contributed by atoms with Crippen molar-refractivity contribution in [3.8, 4) is 0 Å². The lowest BCUT2D eigenvalue weighted by molar-refractivity contribution is -0.119. The van der Waals surface area contributed by atoms with Gasteiger partial charge in [-0.3, -0.25) is 14.2 Å². The monoisotopic (exact) mass is 445 g/mol. The molecule has 1 aliphatic heterocycles. The Morgan fingerprint density at radius 2 is 2.07 bits per heavy atom. The van der Waals surface area contributed by atoms with Crippen LogP contribution in [0.5, 0.6) is 0 Å². The maximum absolute atomic E-state index is 12.7. The molecule has 0 aromatic carbocycles. The molecule has 0 saturated carbocycles. The van der Waals surface area contributed by atoms with Crippen LogP contribution in [0.15, 0.2) is 40.1 Å². The van der Waals surface area contributed by atoms with E-state index in [0.29, 0.717) is 23.1 Å². The number of hydrogen-bond acceptors (Lipinski definition) is 8. The Morgan fingerprint density at radius 1 is 1.23 bits per heavy atom. The first-order valence-corrected chi connectivity index (χ1v) is 11.6. The number of thioether (sulfide) groups is 1. The van der Waals surface area contributed by atoms with Crippen LogP contribution < -0.4 is 10.2 Å². The van der Waals surface area contributed by atoms with Crippen LogP contribution in [-0.2, 0) is 17.9 Å². The van der Waals surface area contributed by atoms with Crippen molar-refractivity contribution >= 4 is 40.7 Å². The molecule has 0 spiro atoms. The van der Waals surface area contributed by atoms with E-state index in [4.69, 9.17) is 4.42 Å². The smallest absolute Gasteiger partial charge is 0.228 e. The molecule has 1 fully saturated rings. The summed E-state index contributed by atoms with van der Waals surface area (Å²) in [5, 5.41) is 12.2. The number of carbonyl (C=O) groups is 2. The van der Waals surface area contributed by atoms with Gasteiger partial charge in [0.15, 0.2) is 10.9 Å². The van der Waals surface area contributed by atoms with Gasteiger partial charge in [-0.25, -0.2) is 0 Å². The second kappa shape index (κ2) is 9.48. The molecule has 30 heavy (non-hydrogen) atoms. The standard InChI is InChI=1S/C20H23N5O3S2/c1-14(26)21-11-16-6-7-18(30-16)17(27)13-29-20-23-22-19(24-8-2-3-9-24)25(20)12-15-5-4-10-28-15/h4-7,10H,2-3,8-9,11-13H2,1H3,(H,21,26). The maximum Gasteiger partial charge on any atom is 0.228 e. The van der Waals surface area contributed by atoms with Crippen LogP contribution >= 0.6 is 23.1 Å². The fraction of sp³-hybridized carbons (Fsp3) is 0.400. The summed E-state index contributed by atoms with van der Waals surface area (Å²) in [4.78, 5) is 27.6. The van der Waals surface area contributed by atoms with E-state index in [1.165, 1.54) is 30.0 Å². The third kappa shape index (κ3) is 4.93. The summed E-state index contributed by atoms with van der Waals surface area (Å²) in [5.74, 6) is 1.87. The Morgan fingerprint density at radius 3 is 2.80 bits per heavy atom. The lowest BCUT2D eigenvalue weighted by atomic mass is 10.3. The van der Waals surface area contributed by atoms with Gasteiger partial charge in [-0.05, 0) is 37.1 Å². The van der Waals surface area contributed by atoms with E-state index >= 15 is 0 Å². The van der Waals surface area contributed by atoms with Crippen molar-refractivity contribution < 1.29 is 14.0 Å². The van der Waals surface area contributed by atoms with Crippen molar-refractivity contribution in [3.05, 3.63) is 46.0 Å². The van der Waals surface area contributed by atoms with Crippen molar-refractivity contribution in [1.82, 2.24) is 20.1 Å². The van der Waals surface area contributed by atoms with Crippen molar-refractivity contribution in [2.75, 3.05) is 23.7 Å². The second-order valence-corrected chi connectivity index (χ2v) is 9.14. The number of furan rings is 1. The molecule has 10 heteroatoms. The zero-order valence-electron chi connectivity index (χ0n) is 16.7. The van der Waals surface area contributed by atoms with E-state index in [0.717, 1.165) is 42.5 Å². The van der Waals surface area contributed by atoms with E-state index in [2.05, 4.69) is 20.4 Å².